The van der Waals surface area contributed by atoms with E-state index >= 15 is 0 Å². The summed E-state index contributed by atoms with van der Waals surface area (Å²) >= 11 is 6.35. The summed E-state index contributed by atoms with van der Waals surface area (Å²) in [6.07, 6.45) is 3.01. The van der Waals surface area contributed by atoms with Crippen molar-refractivity contribution in [1.29, 1.82) is 0 Å². The standard InChI is InChI=1S/C22H21N3O5S2/c1-24(2)15-8-5-13(6-9-15)12-23-25-20(26)17(32-22(25)31)11-14-7-10-16(29-3)19(30-4)18(14)21(27)28/h5-12H,1-4H3,(H,27,28)/b17-11+,23-12+. The molecule has 0 spiro atoms. The zero-order valence-electron chi connectivity index (χ0n) is 17.9. The summed E-state index contributed by atoms with van der Waals surface area (Å²) in [5.41, 5.74) is 2.03. The lowest BCUT2D eigenvalue weighted by atomic mass is 10.0. The van der Waals surface area contributed by atoms with E-state index in [1.165, 1.54) is 20.3 Å². The number of hydrogen-bond acceptors (Lipinski definition) is 8. The van der Waals surface area contributed by atoms with E-state index in [4.69, 9.17) is 21.7 Å². The number of anilines is 1. The molecule has 3 rings (SSSR count). The van der Waals surface area contributed by atoms with Crippen LogP contribution in [0.4, 0.5) is 5.69 Å². The van der Waals surface area contributed by atoms with Gasteiger partial charge in [0.1, 0.15) is 5.56 Å². The number of carboxylic acid groups (broad SMARTS) is 1. The Balaban J connectivity index is 1.89. The lowest BCUT2D eigenvalue weighted by molar-refractivity contribution is -0.122. The topological polar surface area (TPSA) is 91.7 Å². The van der Waals surface area contributed by atoms with Gasteiger partial charge in [0, 0.05) is 19.8 Å². The second kappa shape index (κ2) is 9.84. The van der Waals surface area contributed by atoms with Crippen molar-refractivity contribution in [2.45, 2.75) is 0 Å². The second-order valence-electron chi connectivity index (χ2n) is 6.79. The number of carbonyl (C=O) groups is 2. The molecule has 2 aromatic carbocycles. The third kappa shape index (κ3) is 4.76. The molecule has 2 aromatic rings. The van der Waals surface area contributed by atoms with Gasteiger partial charge in [0.05, 0.1) is 25.3 Å². The van der Waals surface area contributed by atoms with E-state index in [1.807, 2.05) is 43.3 Å². The van der Waals surface area contributed by atoms with E-state index in [-0.39, 0.29) is 26.3 Å². The SMILES string of the molecule is COc1ccc(/C=C2/SC(=S)N(/N=C/c3ccc(N(C)C)cc3)C2=O)c(C(=O)O)c1OC. The van der Waals surface area contributed by atoms with Gasteiger partial charge in [-0.15, -0.1) is 0 Å². The van der Waals surface area contributed by atoms with Gasteiger partial charge < -0.3 is 19.5 Å². The monoisotopic (exact) mass is 471 g/mol. The van der Waals surface area contributed by atoms with Crippen LogP contribution in [0.2, 0.25) is 0 Å². The summed E-state index contributed by atoms with van der Waals surface area (Å²) in [5, 5.41) is 15.0. The zero-order valence-corrected chi connectivity index (χ0v) is 19.5. The van der Waals surface area contributed by atoms with Gasteiger partial charge in [0.2, 0.25) is 0 Å². The van der Waals surface area contributed by atoms with Crippen LogP contribution in [0.15, 0.2) is 46.4 Å². The van der Waals surface area contributed by atoms with Crippen LogP contribution in [-0.4, -0.2) is 60.8 Å². The Morgan fingerprint density at radius 2 is 1.84 bits per heavy atom. The molecule has 0 atom stereocenters. The van der Waals surface area contributed by atoms with E-state index in [2.05, 4.69) is 5.10 Å². The highest BCUT2D eigenvalue weighted by atomic mass is 32.2. The number of benzene rings is 2. The zero-order chi connectivity index (χ0) is 23.4. The van der Waals surface area contributed by atoms with Gasteiger partial charge in [-0.1, -0.05) is 30.0 Å². The number of amides is 1. The summed E-state index contributed by atoms with van der Waals surface area (Å²) in [6, 6.07) is 10.8. The molecule has 0 bridgehead atoms. The number of carbonyl (C=O) groups excluding carboxylic acids is 1. The Morgan fingerprint density at radius 3 is 2.41 bits per heavy atom. The van der Waals surface area contributed by atoms with E-state index in [0.717, 1.165) is 28.0 Å². The molecule has 1 heterocycles. The number of hydrogen-bond donors (Lipinski definition) is 1. The quantitative estimate of drug-likeness (QED) is 0.371. The van der Waals surface area contributed by atoms with Gasteiger partial charge in [-0.3, -0.25) is 4.79 Å². The maximum absolute atomic E-state index is 12.9. The maximum atomic E-state index is 12.9. The summed E-state index contributed by atoms with van der Waals surface area (Å²) in [6.45, 7) is 0. The first-order valence-electron chi connectivity index (χ1n) is 9.34. The van der Waals surface area contributed by atoms with Crippen molar-refractivity contribution in [1.82, 2.24) is 5.01 Å². The Hall–Kier alpha value is -3.37. The number of carboxylic acids is 1. The first-order chi connectivity index (χ1) is 15.3. The molecular weight excluding hydrogens is 450 g/mol. The smallest absolute Gasteiger partial charge is 0.340 e. The van der Waals surface area contributed by atoms with E-state index in [9.17, 15) is 14.7 Å². The van der Waals surface area contributed by atoms with Crippen molar-refractivity contribution >= 4 is 58.2 Å². The summed E-state index contributed by atoms with van der Waals surface area (Å²) in [5.74, 6) is -1.29. The molecule has 0 radical (unpaired) electrons. The fourth-order valence-corrected chi connectivity index (χ4v) is 4.13. The third-order valence-corrected chi connectivity index (χ3v) is 5.87. The predicted octanol–water partition coefficient (Wildman–Crippen LogP) is 3.70. The van der Waals surface area contributed by atoms with Gasteiger partial charge in [-0.25, -0.2) is 4.79 Å². The Bertz CT molecular complexity index is 1130. The summed E-state index contributed by atoms with van der Waals surface area (Å²) < 4.78 is 10.6. The highest BCUT2D eigenvalue weighted by Crippen LogP contribution is 2.37. The molecule has 8 nitrogen and oxygen atoms in total. The largest absolute Gasteiger partial charge is 0.493 e. The molecule has 1 saturated heterocycles. The average Bonchev–Trinajstić information content (AvgIpc) is 3.04. The minimum Gasteiger partial charge on any atom is -0.493 e. The molecule has 1 aliphatic rings. The molecule has 10 heteroatoms. The summed E-state index contributed by atoms with van der Waals surface area (Å²) in [7, 11) is 6.67. The molecule has 0 aromatic heterocycles. The van der Waals surface area contributed by atoms with Gasteiger partial charge in [0.15, 0.2) is 15.8 Å². The maximum Gasteiger partial charge on any atom is 0.340 e. The van der Waals surface area contributed by atoms with E-state index in [0.29, 0.717) is 5.56 Å². The highest BCUT2D eigenvalue weighted by molar-refractivity contribution is 8.26. The molecule has 0 aliphatic carbocycles. The average molecular weight is 472 g/mol. The predicted molar refractivity (Wildman–Crippen MR) is 130 cm³/mol. The van der Waals surface area contributed by atoms with Crippen LogP contribution in [-0.2, 0) is 4.79 Å². The normalized spacial score (nSPS) is 15.0. The second-order valence-corrected chi connectivity index (χ2v) is 8.47. The van der Waals surface area contributed by atoms with Gasteiger partial charge in [-0.05, 0) is 47.6 Å². The lowest BCUT2D eigenvalue weighted by Gasteiger charge is -2.12. The summed E-state index contributed by atoms with van der Waals surface area (Å²) in [4.78, 5) is 27.0. The Morgan fingerprint density at radius 1 is 1.16 bits per heavy atom. The number of rotatable bonds is 7. The van der Waals surface area contributed by atoms with Crippen molar-refractivity contribution in [2.75, 3.05) is 33.2 Å². The first kappa shape index (κ1) is 23.3. The van der Waals surface area contributed by atoms with Crippen LogP contribution < -0.4 is 14.4 Å². The van der Waals surface area contributed by atoms with Crippen LogP contribution in [0.1, 0.15) is 21.5 Å². The van der Waals surface area contributed by atoms with E-state index in [1.54, 1.807) is 18.3 Å². The molecular formula is C22H21N3O5S2. The number of hydrazone groups is 1. The van der Waals surface area contributed by atoms with Crippen LogP contribution in [0.25, 0.3) is 6.08 Å². The minimum absolute atomic E-state index is 0.0726. The van der Waals surface area contributed by atoms with Crippen LogP contribution >= 0.6 is 24.0 Å². The number of thiocarbonyl (C=S) groups is 1. The van der Waals surface area contributed by atoms with Crippen molar-refractivity contribution < 1.29 is 24.2 Å². The number of thioether (sulfide) groups is 1. The number of ether oxygens (including phenoxy) is 2. The van der Waals surface area contributed by atoms with E-state index < -0.39 is 11.9 Å². The number of methoxy groups -OCH3 is 2. The minimum atomic E-state index is -1.21. The molecule has 32 heavy (non-hydrogen) atoms. The number of nitrogens with zero attached hydrogens (tertiary/aromatic N) is 3. The number of aromatic carboxylic acids is 1. The van der Waals surface area contributed by atoms with Crippen LogP contribution in [0.3, 0.4) is 0 Å². The Kier molecular flexibility index (Phi) is 7.16. The molecule has 1 N–H and O–H groups in total. The van der Waals surface area contributed by atoms with Crippen molar-refractivity contribution in [3.63, 3.8) is 0 Å². The fraction of sp³-hybridized carbons (Fsp3) is 0.182. The third-order valence-electron chi connectivity index (χ3n) is 4.58. The fourth-order valence-electron chi connectivity index (χ4n) is 2.97. The molecule has 1 fully saturated rings. The van der Waals surface area contributed by atoms with Crippen molar-refractivity contribution in [2.24, 2.45) is 5.10 Å². The molecule has 1 aliphatic heterocycles. The van der Waals surface area contributed by atoms with Gasteiger partial charge in [0.25, 0.3) is 5.91 Å². The molecule has 0 saturated carbocycles. The molecule has 0 unspecified atom stereocenters. The molecule has 166 valence electrons. The van der Waals surface area contributed by atoms with Crippen LogP contribution in [0.5, 0.6) is 11.5 Å². The Labute approximate surface area is 195 Å². The lowest BCUT2D eigenvalue weighted by Crippen LogP contribution is -2.22. The van der Waals surface area contributed by atoms with Gasteiger partial charge in [-0.2, -0.15) is 10.1 Å². The highest BCUT2D eigenvalue weighted by Gasteiger charge is 2.33. The van der Waals surface area contributed by atoms with Gasteiger partial charge >= 0.3 is 5.97 Å². The van der Waals surface area contributed by atoms with Crippen molar-refractivity contribution in [3.05, 3.63) is 58.0 Å². The van der Waals surface area contributed by atoms with Crippen LogP contribution in [0, 0.1) is 0 Å². The van der Waals surface area contributed by atoms with Crippen molar-refractivity contribution in [3.8, 4) is 11.5 Å². The first-order valence-corrected chi connectivity index (χ1v) is 10.6. The molecule has 1 amide bonds.